The van der Waals surface area contributed by atoms with E-state index in [1.54, 1.807) is 0 Å². The highest BCUT2D eigenvalue weighted by Gasteiger charge is 2.17. The molecule has 0 unspecified atom stereocenters. The maximum Gasteiger partial charge on any atom is 0.0726 e. The molecule has 2 atom stereocenters. The molecular formula is C12H13ClO. The molecule has 1 aromatic rings. The zero-order chi connectivity index (χ0) is 9.97. The van der Waals surface area contributed by atoms with Crippen LogP contribution in [0.3, 0.4) is 0 Å². The van der Waals surface area contributed by atoms with Crippen LogP contribution in [0.2, 0.25) is 5.02 Å². The Morgan fingerprint density at radius 1 is 1.21 bits per heavy atom. The summed E-state index contributed by atoms with van der Waals surface area (Å²) < 4.78 is 0. The van der Waals surface area contributed by atoms with Crippen LogP contribution in [-0.4, -0.2) is 11.2 Å². The van der Waals surface area contributed by atoms with Crippen LogP contribution in [-0.2, 0) is 0 Å². The van der Waals surface area contributed by atoms with E-state index in [2.05, 4.69) is 0 Å². The number of hydrogen-bond donors (Lipinski definition) is 1. The summed E-state index contributed by atoms with van der Waals surface area (Å²) in [4.78, 5) is 0. The summed E-state index contributed by atoms with van der Waals surface area (Å²) in [6.07, 6.45) is 5.46. The molecule has 1 N–H and O–H groups in total. The fourth-order valence-electron chi connectivity index (χ4n) is 1.87. The highest BCUT2D eigenvalue weighted by molar-refractivity contribution is 6.30. The van der Waals surface area contributed by atoms with E-state index < -0.39 is 0 Å². The van der Waals surface area contributed by atoms with Gasteiger partial charge in [-0.1, -0.05) is 35.9 Å². The first-order valence-corrected chi connectivity index (χ1v) is 5.23. The summed E-state index contributed by atoms with van der Waals surface area (Å²) in [5.41, 5.74) is 1.26. The maximum atomic E-state index is 9.48. The molecule has 0 bridgehead atoms. The van der Waals surface area contributed by atoms with E-state index >= 15 is 0 Å². The van der Waals surface area contributed by atoms with Crippen LogP contribution >= 0.6 is 11.6 Å². The fraction of sp³-hybridized carbons (Fsp3) is 0.333. The average molecular weight is 209 g/mol. The van der Waals surface area contributed by atoms with E-state index in [0.29, 0.717) is 5.92 Å². The van der Waals surface area contributed by atoms with Gasteiger partial charge in [-0.15, -0.1) is 0 Å². The van der Waals surface area contributed by atoms with Gasteiger partial charge in [-0.3, -0.25) is 0 Å². The lowest BCUT2D eigenvalue weighted by Crippen LogP contribution is -2.13. The highest BCUT2D eigenvalue weighted by atomic mass is 35.5. The number of rotatable bonds is 1. The van der Waals surface area contributed by atoms with Gasteiger partial charge in [0.2, 0.25) is 0 Å². The van der Waals surface area contributed by atoms with Crippen molar-refractivity contribution in [1.82, 2.24) is 0 Å². The number of hydrogen-bond acceptors (Lipinski definition) is 1. The summed E-state index contributed by atoms with van der Waals surface area (Å²) >= 11 is 5.82. The lowest BCUT2D eigenvalue weighted by Gasteiger charge is -2.21. The normalized spacial score (nSPS) is 26.4. The van der Waals surface area contributed by atoms with Gasteiger partial charge in [0.25, 0.3) is 0 Å². The van der Waals surface area contributed by atoms with E-state index in [4.69, 9.17) is 11.6 Å². The van der Waals surface area contributed by atoms with Gasteiger partial charge < -0.3 is 5.11 Å². The lowest BCUT2D eigenvalue weighted by molar-refractivity contribution is 0.195. The Labute approximate surface area is 89.0 Å². The van der Waals surface area contributed by atoms with E-state index in [-0.39, 0.29) is 6.10 Å². The quantitative estimate of drug-likeness (QED) is 0.704. The van der Waals surface area contributed by atoms with Crippen molar-refractivity contribution in [3.63, 3.8) is 0 Å². The molecule has 0 amide bonds. The van der Waals surface area contributed by atoms with Crippen LogP contribution in [0.5, 0.6) is 0 Å². The van der Waals surface area contributed by atoms with Crippen molar-refractivity contribution in [2.45, 2.75) is 24.9 Å². The van der Waals surface area contributed by atoms with E-state index in [1.807, 2.05) is 36.4 Å². The zero-order valence-corrected chi connectivity index (χ0v) is 8.61. The monoisotopic (exact) mass is 208 g/mol. The van der Waals surface area contributed by atoms with Crippen LogP contribution < -0.4 is 0 Å². The largest absolute Gasteiger partial charge is 0.389 e. The standard InChI is InChI=1S/C12H13ClO/c13-11-6-4-9(5-7-11)10-2-1-3-12(14)8-10/h1,3-7,10,12,14H,2,8H2/t10-,12+/m0/s1. The topological polar surface area (TPSA) is 20.2 Å². The van der Waals surface area contributed by atoms with Gasteiger partial charge in [-0.25, -0.2) is 0 Å². The van der Waals surface area contributed by atoms with Crippen molar-refractivity contribution in [3.05, 3.63) is 47.0 Å². The highest BCUT2D eigenvalue weighted by Crippen LogP contribution is 2.29. The minimum Gasteiger partial charge on any atom is -0.389 e. The zero-order valence-electron chi connectivity index (χ0n) is 7.86. The molecule has 0 aromatic heterocycles. The molecule has 0 aliphatic heterocycles. The van der Waals surface area contributed by atoms with Gasteiger partial charge >= 0.3 is 0 Å². The third kappa shape index (κ3) is 2.17. The molecule has 2 heteroatoms. The first kappa shape index (κ1) is 9.75. The molecule has 0 fully saturated rings. The van der Waals surface area contributed by atoms with Crippen LogP contribution in [0.1, 0.15) is 24.3 Å². The second-order valence-corrected chi connectivity index (χ2v) is 4.15. The Hall–Kier alpha value is -0.790. The van der Waals surface area contributed by atoms with Crippen molar-refractivity contribution in [3.8, 4) is 0 Å². The van der Waals surface area contributed by atoms with Crippen LogP contribution in [0.25, 0.3) is 0 Å². The summed E-state index contributed by atoms with van der Waals surface area (Å²) in [5.74, 6) is 0.437. The molecular weight excluding hydrogens is 196 g/mol. The van der Waals surface area contributed by atoms with Crippen LogP contribution in [0.15, 0.2) is 36.4 Å². The Kier molecular flexibility index (Phi) is 2.90. The van der Waals surface area contributed by atoms with Gasteiger partial charge in [-0.2, -0.15) is 0 Å². The van der Waals surface area contributed by atoms with E-state index in [9.17, 15) is 5.11 Å². The number of aliphatic hydroxyl groups excluding tert-OH is 1. The Morgan fingerprint density at radius 3 is 2.57 bits per heavy atom. The Morgan fingerprint density at radius 2 is 1.93 bits per heavy atom. The van der Waals surface area contributed by atoms with Crippen molar-refractivity contribution in [2.75, 3.05) is 0 Å². The van der Waals surface area contributed by atoms with E-state index in [0.717, 1.165) is 17.9 Å². The molecule has 0 saturated carbocycles. The van der Waals surface area contributed by atoms with Gasteiger partial charge in [0.15, 0.2) is 0 Å². The average Bonchev–Trinajstić information content (AvgIpc) is 2.19. The summed E-state index contributed by atoms with van der Waals surface area (Å²) in [7, 11) is 0. The second kappa shape index (κ2) is 4.16. The Balaban J connectivity index is 2.15. The Bertz CT molecular complexity index is 329. The number of allylic oxidation sites excluding steroid dienone is 1. The molecule has 0 spiro atoms. The van der Waals surface area contributed by atoms with Gasteiger partial charge in [0.1, 0.15) is 0 Å². The van der Waals surface area contributed by atoms with Crippen molar-refractivity contribution >= 4 is 11.6 Å². The molecule has 0 saturated heterocycles. The van der Waals surface area contributed by atoms with E-state index in [1.165, 1.54) is 5.56 Å². The first-order chi connectivity index (χ1) is 6.75. The lowest BCUT2D eigenvalue weighted by atomic mass is 9.87. The van der Waals surface area contributed by atoms with Crippen LogP contribution in [0.4, 0.5) is 0 Å². The van der Waals surface area contributed by atoms with Crippen molar-refractivity contribution in [2.24, 2.45) is 0 Å². The van der Waals surface area contributed by atoms with Crippen LogP contribution in [0, 0.1) is 0 Å². The third-order valence-corrected chi connectivity index (χ3v) is 2.90. The predicted octanol–water partition coefficient (Wildman–Crippen LogP) is 3.13. The molecule has 1 aliphatic carbocycles. The molecule has 74 valence electrons. The molecule has 0 radical (unpaired) electrons. The third-order valence-electron chi connectivity index (χ3n) is 2.65. The molecule has 1 aromatic carbocycles. The summed E-state index contributed by atoms with van der Waals surface area (Å²) in [5, 5.41) is 10.2. The molecule has 2 rings (SSSR count). The maximum absolute atomic E-state index is 9.48. The summed E-state index contributed by atoms with van der Waals surface area (Å²) in [6, 6.07) is 7.89. The molecule has 1 aliphatic rings. The second-order valence-electron chi connectivity index (χ2n) is 3.72. The smallest absolute Gasteiger partial charge is 0.0726 e. The minimum atomic E-state index is -0.288. The molecule has 1 nitrogen and oxygen atoms in total. The van der Waals surface area contributed by atoms with Gasteiger partial charge in [0.05, 0.1) is 6.10 Å². The SMILES string of the molecule is O[C@@H]1C=CC[C@H](c2ccc(Cl)cc2)C1. The molecule has 14 heavy (non-hydrogen) atoms. The van der Waals surface area contributed by atoms with Gasteiger partial charge in [-0.05, 0) is 36.5 Å². The number of halogens is 1. The summed E-state index contributed by atoms with van der Waals surface area (Å²) in [6.45, 7) is 0. The van der Waals surface area contributed by atoms with Crippen molar-refractivity contribution < 1.29 is 5.11 Å². The predicted molar refractivity (Wildman–Crippen MR) is 58.6 cm³/mol. The molecule has 0 heterocycles. The van der Waals surface area contributed by atoms with Gasteiger partial charge in [0, 0.05) is 5.02 Å². The number of aliphatic hydroxyl groups is 1. The minimum absolute atomic E-state index is 0.288. The first-order valence-electron chi connectivity index (χ1n) is 4.86. The fourth-order valence-corrected chi connectivity index (χ4v) is 2.00. The number of benzene rings is 1. The van der Waals surface area contributed by atoms with Crippen molar-refractivity contribution in [1.29, 1.82) is 0 Å².